The zero-order chi connectivity index (χ0) is 16.9. The summed E-state index contributed by atoms with van der Waals surface area (Å²) >= 11 is 3.37. The topological polar surface area (TPSA) is 93.5 Å². The Kier molecular flexibility index (Phi) is 6.15. The van der Waals surface area contributed by atoms with Gasteiger partial charge in [-0.15, -0.1) is 0 Å². The van der Waals surface area contributed by atoms with Gasteiger partial charge in [-0.25, -0.2) is 0 Å². The summed E-state index contributed by atoms with van der Waals surface area (Å²) < 4.78 is 6.17. The highest BCUT2D eigenvalue weighted by Gasteiger charge is 2.38. The maximum Gasteiger partial charge on any atom is 0.243 e. The highest BCUT2D eigenvalue weighted by molar-refractivity contribution is 9.10. The van der Waals surface area contributed by atoms with Gasteiger partial charge in [0.25, 0.3) is 0 Å². The Bertz CT molecular complexity index is 586. The van der Waals surface area contributed by atoms with Gasteiger partial charge in [-0.05, 0) is 37.5 Å². The minimum Gasteiger partial charge on any atom is -0.381 e. The molecule has 0 unspecified atom stereocenters. The van der Waals surface area contributed by atoms with Gasteiger partial charge in [0, 0.05) is 29.9 Å². The van der Waals surface area contributed by atoms with Crippen LogP contribution in [0.3, 0.4) is 0 Å². The highest BCUT2D eigenvalue weighted by atomic mass is 79.9. The zero-order valence-corrected chi connectivity index (χ0v) is 14.7. The number of carbonyl (C=O) groups excluding carboxylic acids is 2. The molecular weight excluding hydrogens is 362 g/mol. The molecule has 2 amide bonds. The average Bonchev–Trinajstić information content (AvgIpc) is 2.56. The minimum atomic E-state index is -0.621. The van der Waals surface area contributed by atoms with E-state index in [2.05, 4.69) is 26.6 Å². The summed E-state index contributed by atoms with van der Waals surface area (Å²) in [6, 6.07) is 5.64. The molecule has 0 spiro atoms. The van der Waals surface area contributed by atoms with Gasteiger partial charge < -0.3 is 21.1 Å². The summed E-state index contributed by atoms with van der Waals surface area (Å²) in [7, 11) is 0. The number of anilines is 1. The Morgan fingerprint density at radius 3 is 2.70 bits per heavy atom. The van der Waals surface area contributed by atoms with Crippen molar-refractivity contribution < 1.29 is 14.3 Å². The SMILES string of the molecule is Cc1ccc(Br)cc1NC(=O)CNC(=O)C1(CN)CCOCC1. The predicted molar refractivity (Wildman–Crippen MR) is 92.1 cm³/mol. The van der Waals surface area contributed by atoms with Crippen molar-refractivity contribution >= 4 is 33.4 Å². The van der Waals surface area contributed by atoms with Gasteiger partial charge in [0.05, 0.1) is 12.0 Å². The van der Waals surface area contributed by atoms with Gasteiger partial charge in [-0.1, -0.05) is 22.0 Å². The summed E-state index contributed by atoms with van der Waals surface area (Å²) in [6.45, 7) is 3.14. The molecule has 1 aliphatic heterocycles. The first kappa shape index (κ1) is 17.9. The van der Waals surface area contributed by atoms with Crippen LogP contribution in [0.2, 0.25) is 0 Å². The number of benzene rings is 1. The number of nitrogens with two attached hydrogens (primary N) is 1. The van der Waals surface area contributed by atoms with Crippen LogP contribution in [0.5, 0.6) is 0 Å². The van der Waals surface area contributed by atoms with Crippen LogP contribution in [0.15, 0.2) is 22.7 Å². The van der Waals surface area contributed by atoms with E-state index in [4.69, 9.17) is 10.5 Å². The van der Waals surface area contributed by atoms with Crippen molar-refractivity contribution in [1.82, 2.24) is 5.32 Å². The number of amides is 2. The fourth-order valence-corrected chi connectivity index (χ4v) is 2.92. The largest absolute Gasteiger partial charge is 0.381 e. The van der Waals surface area contributed by atoms with Crippen molar-refractivity contribution in [3.8, 4) is 0 Å². The summed E-state index contributed by atoms with van der Waals surface area (Å²) in [6.07, 6.45) is 1.17. The first-order valence-corrected chi connectivity index (χ1v) is 8.38. The van der Waals surface area contributed by atoms with Crippen LogP contribution in [-0.4, -0.2) is 38.1 Å². The Balaban J connectivity index is 1.90. The summed E-state index contributed by atoms with van der Waals surface area (Å²) in [5, 5.41) is 5.50. The molecule has 1 heterocycles. The van der Waals surface area contributed by atoms with E-state index < -0.39 is 5.41 Å². The van der Waals surface area contributed by atoms with Gasteiger partial charge in [-0.2, -0.15) is 0 Å². The first-order valence-electron chi connectivity index (χ1n) is 7.59. The second-order valence-electron chi connectivity index (χ2n) is 5.79. The molecule has 2 rings (SSSR count). The monoisotopic (exact) mass is 383 g/mol. The van der Waals surface area contributed by atoms with E-state index in [1.165, 1.54) is 0 Å². The standard InChI is InChI=1S/C16H22BrN3O3/c1-11-2-3-12(17)8-13(11)20-14(21)9-19-15(22)16(10-18)4-6-23-7-5-16/h2-3,8H,4-7,9-10,18H2,1H3,(H,19,22)(H,20,21). The molecule has 0 aliphatic carbocycles. The first-order chi connectivity index (χ1) is 11.0. The van der Waals surface area contributed by atoms with Crippen LogP contribution in [0, 0.1) is 12.3 Å². The molecule has 7 heteroatoms. The quantitative estimate of drug-likeness (QED) is 0.719. The Morgan fingerprint density at radius 1 is 1.35 bits per heavy atom. The molecule has 1 aliphatic rings. The summed E-state index contributed by atoms with van der Waals surface area (Å²) in [4.78, 5) is 24.5. The molecule has 1 fully saturated rings. The average molecular weight is 384 g/mol. The number of carbonyl (C=O) groups is 2. The fourth-order valence-electron chi connectivity index (χ4n) is 2.56. The van der Waals surface area contributed by atoms with Crippen molar-refractivity contribution in [3.05, 3.63) is 28.2 Å². The number of hydrogen-bond acceptors (Lipinski definition) is 4. The lowest BCUT2D eigenvalue weighted by molar-refractivity contribution is -0.137. The van der Waals surface area contributed by atoms with Crippen LogP contribution in [0.1, 0.15) is 18.4 Å². The van der Waals surface area contributed by atoms with Gasteiger partial charge in [0.2, 0.25) is 11.8 Å². The lowest BCUT2D eigenvalue weighted by Gasteiger charge is -2.34. The number of halogens is 1. The van der Waals surface area contributed by atoms with Gasteiger partial charge in [-0.3, -0.25) is 9.59 Å². The van der Waals surface area contributed by atoms with E-state index in [-0.39, 0.29) is 24.9 Å². The molecule has 1 saturated heterocycles. The van der Waals surface area contributed by atoms with E-state index in [1.54, 1.807) is 0 Å². The van der Waals surface area contributed by atoms with Gasteiger partial charge >= 0.3 is 0 Å². The van der Waals surface area contributed by atoms with Crippen molar-refractivity contribution in [3.63, 3.8) is 0 Å². The van der Waals surface area contributed by atoms with E-state index >= 15 is 0 Å². The van der Waals surface area contributed by atoms with Crippen molar-refractivity contribution in [1.29, 1.82) is 0 Å². The normalized spacial score (nSPS) is 16.7. The third kappa shape index (κ3) is 4.53. The third-order valence-corrected chi connectivity index (χ3v) is 4.70. The molecule has 0 saturated carbocycles. The van der Waals surface area contributed by atoms with Crippen molar-refractivity contribution in [2.24, 2.45) is 11.1 Å². The van der Waals surface area contributed by atoms with Crippen LogP contribution in [0.25, 0.3) is 0 Å². The Hall–Kier alpha value is -1.44. The van der Waals surface area contributed by atoms with E-state index in [9.17, 15) is 9.59 Å². The molecule has 1 aromatic carbocycles. The van der Waals surface area contributed by atoms with Gasteiger partial charge in [0.1, 0.15) is 0 Å². The Morgan fingerprint density at radius 2 is 2.04 bits per heavy atom. The molecule has 6 nitrogen and oxygen atoms in total. The second-order valence-corrected chi connectivity index (χ2v) is 6.70. The molecule has 126 valence electrons. The lowest BCUT2D eigenvalue weighted by Crippen LogP contribution is -2.50. The fraction of sp³-hybridized carbons (Fsp3) is 0.500. The number of nitrogens with one attached hydrogen (secondary N) is 2. The molecule has 1 aromatic rings. The number of hydrogen-bond donors (Lipinski definition) is 3. The Labute approximate surface area is 144 Å². The molecule has 0 aromatic heterocycles. The van der Waals surface area contributed by atoms with Crippen LogP contribution < -0.4 is 16.4 Å². The van der Waals surface area contributed by atoms with E-state index in [0.717, 1.165) is 15.7 Å². The molecule has 0 radical (unpaired) electrons. The lowest BCUT2D eigenvalue weighted by atomic mass is 9.79. The van der Waals surface area contributed by atoms with E-state index in [0.29, 0.717) is 26.1 Å². The van der Waals surface area contributed by atoms with Crippen molar-refractivity contribution in [2.75, 3.05) is 31.6 Å². The molecule has 0 atom stereocenters. The maximum absolute atomic E-state index is 12.4. The number of ether oxygens (including phenoxy) is 1. The predicted octanol–water partition coefficient (Wildman–Crippen LogP) is 1.57. The second kappa shape index (κ2) is 7.90. The molecule has 0 bridgehead atoms. The van der Waals surface area contributed by atoms with Crippen molar-refractivity contribution in [2.45, 2.75) is 19.8 Å². The smallest absolute Gasteiger partial charge is 0.243 e. The van der Waals surface area contributed by atoms with Crippen LogP contribution in [0.4, 0.5) is 5.69 Å². The minimum absolute atomic E-state index is 0.0760. The van der Waals surface area contributed by atoms with Gasteiger partial charge in [0.15, 0.2) is 0 Å². The molecular formula is C16H22BrN3O3. The maximum atomic E-state index is 12.4. The van der Waals surface area contributed by atoms with E-state index in [1.807, 2.05) is 25.1 Å². The highest BCUT2D eigenvalue weighted by Crippen LogP contribution is 2.29. The number of rotatable bonds is 5. The summed E-state index contributed by atoms with van der Waals surface area (Å²) in [5.41, 5.74) is 6.84. The third-order valence-electron chi connectivity index (χ3n) is 4.21. The zero-order valence-electron chi connectivity index (χ0n) is 13.2. The van der Waals surface area contributed by atoms with Crippen LogP contribution >= 0.6 is 15.9 Å². The molecule has 23 heavy (non-hydrogen) atoms. The summed E-state index contributed by atoms with van der Waals surface area (Å²) in [5.74, 6) is -0.441. The van der Waals surface area contributed by atoms with Crippen LogP contribution in [-0.2, 0) is 14.3 Å². The number of aryl methyl sites for hydroxylation is 1. The molecule has 4 N–H and O–H groups in total.